The number of esters is 1. The van der Waals surface area contributed by atoms with Crippen molar-refractivity contribution in [2.45, 2.75) is 19.4 Å². The molecular weight excluding hydrogens is 252 g/mol. The fourth-order valence-corrected chi connectivity index (χ4v) is 1.89. The zero-order valence-corrected chi connectivity index (χ0v) is 12.6. The van der Waals surface area contributed by atoms with E-state index in [-0.39, 0.29) is 5.97 Å². The van der Waals surface area contributed by atoms with Crippen LogP contribution in [0.25, 0.3) is 0 Å². The molecule has 1 aromatic rings. The van der Waals surface area contributed by atoms with E-state index in [1.165, 1.54) is 0 Å². The molecular formula is C16H22N2O2. The van der Waals surface area contributed by atoms with Crippen LogP contribution in [0.4, 0.5) is 5.69 Å². The highest BCUT2D eigenvalue weighted by molar-refractivity contribution is 5.82. The third-order valence-electron chi connectivity index (χ3n) is 3.19. The van der Waals surface area contributed by atoms with Gasteiger partial charge in [0.05, 0.1) is 13.2 Å². The summed E-state index contributed by atoms with van der Waals surface area (Å²) in [5.41, 5.74) is 0.960. The van der Waals surface area contributed by atoms with Crippen molar-refractivity contribution in [1.82, 2.24) is 5.32 Å². The minimum atomic E-state index is -0.937. The summed E-state index contributed by atoms with van der Waals surface area (Å²) in [6.07, 6.45) is 5.28. The van der Waals surface area contributed by atoms with Crippen LogP contribution in [0.1, 0.15) is 19.4 Å². The standard InChI is InChI=1S/C16H22N2O2/c1-6-12-17-16(3,15(19)20-7-2)13-8-10-14(11-9-13)18(4)5/h1,8-11,17H,7,12H2,2-5H3. The van der Waals surface area contributed by atoms with Crippen LogP contribution in [-0.4, -0.2) is 33.2 Å². The monoisotopic (exact) mass is 274 g/mol. The maximum atomic E-state index is 12.2. The molecule has 0 radical (unpaired) electrons. The van der Waals surface area contributed by atoms with E-state index < -0.39 is 5.54 Å². The van der Waals surface area contributed by atoms with E-state index in [1.807, 2.05) is 43.3 Å². The van der Waals surface area contributed by atoms with E-state index in [0.29, 0.717) is 13.2 Å². The van der Waals surface area contributed by atoms with Crippen LogP contribution in [0.15, 0.2) is 24.3 Å². The molecule has 4 heteroatoms. The predicted octanol–water partition coefficient (Wildman–Crippen LogP) is 1.75. The quantitative estimate of drug-likeness (QED) is 0.634. The summed E-state index contributed by atoms with van der Waals surface area (Å²) >= 11 is 0. The number of rotatable bonds is 6. The van der Waals surface area contributed by atoms with Gasteiger partial charge in [0, 0.05) is 19.8 Å². The van der Waals surface area contributed by atoms with Crippen LogP contribution in [0.5, 0.6) is 0 Å². The van der Waals surface area contributed by atoms with Crippen LogP contribution >= 0.6 is 0 Å². The third-order valence-corrected chi connectivity index (χ3v) is 3.19. The molecule has 0 heterocycles. The summed E-state index contributed by atoms with van der Waals surface area (Å²) in [5, 5.41) is 3.07. The number of carbonyl (C=O) groups excluding carboxylic acids is 1. The van der Waals surface area contributed by atoms with E-state index in [0.717, 1.165) is 11.3 Å². The van der Waals surface area contributed by atoms with Crippen molar-refractivity contribution in [3.05, 3.63) is 29.8 Å². The maximum Gasteiger partial charge on any atom is 0.330 e. The average Bonchev–Trinajstić information content (AvgIpc) is 2.45. The Morgan fingerprint density at radius 2 is 2.00 bits per heavy atom. The number of hydrogen-bond donors (Lipinski definition) is 1. The first kappa shape index (κ1) is 16.1. The van der Waals surface area contributed by atoms with Gasteiger partial charge in [-0.15, -0.1) is 6.42 Å². The van der Waals surface area contributed by atoms with Gasteiger partial charge in [-0.25, -0.2) is 4.79 Å². The Morgan fingerprint density at radius 1 is 1.40 bits per heavy atom. The summed E-state index contributed by atoms with van der Waals surface area (Å²) in [4.78, 5) is 14.2. The molecule has 0 spiro atoms. The Kier molecular flexibility index (Phi) is 5.60. The summed E-state index contributed by atoms with van der Waals surface area (Å²) in [7, 11) is 3.94. The molecule has 0 aliphatic carbocycles. The number of nitrogens with one attached hydrogen (secondary N) is 1. The molecule has 4 nitrogen and oxygen atoms in total. The lowest BCUT2D eigenvalue weighted by atomic mass is 9.91. The van der Waals surface area contributed by atoms with Crippen LogP contribution in [0, 0.1) is 12.3 Å². The topological polar surface area (TPSA) is 41.6 Å². The number of carbonyl (C=O) groups is 1. The normalized spacial score (nSPS) is 13.2. The average molecular weight is 274 g/mol. The molecule has 0 amide bonds. The SMILES string of the molecule is C#CCNC(C)(C(=O)OCC)c1ccc(N(C)C)cc1. The smallest absolute Gasteiger partial charge is 0.330 e. The van der Waals surface area contributed by atoms with E-state index in [9.17, 15) is 4.79 Å². The van der Waals surface area contributed by atoms with Gasteiger partial charge in [-0.2, -0.15) is 0 Å². The summed E-state index contributed by atoms with van der Waals surface area (Å²) in [6, 6.07) is 7.75. The minimum Gasteiger partial charge on any atom is -0.464 e. The van der Waals surface area contributed by atoms with Crippen molar-refractivity contribution in [2.24, 2.45) is 0 Å². The highest BCUT2D eigenvalue weighted by Crippen LogP contribution is 2.24. The fourth-order valence-electron chi connectivity index (χ4n) is 1.89. The second-order valence-electron chi connectivity index (χ2n) is 4.84. The Bertz CT molecular complexity index is 488. The van der Waals surface area contributed by atoms with Gasteiger partial charge >= 0.3 is 5.97 Å². The first-order chi connectivity index (χ1) is 9.45. The van der Waals surface area contributed by atoms with Gasteiger partial charge in [-0.05, 0) is 31.5 Å². The van der Waals surface area contributed by atoms with Crippen molar-refractivity contribution in [3.63, 3.8) is 0 Å². The molecule has 0 aromatic heterocycles. The maximum absolute atomic E-state index is 12.2. The molecule has 1 atom stereocenters. The van der Waals surface area contributed by atoms with Crippen molar-refractivity contribution < 1.29 is 9.53 Å². The number of ether oxygens (including phenoxy) is 1. The summed E-state index contributed by atoms with van der Waals surface area (Å²) in [6.45, 7) is 4.20. The lowest BCUT2D eigenvalue weighted by Crippen LogP contribution is -2.47. The predicted molar refractivity (Wildman–Crippen MR) is 81.6 cm³/mol. The second kappa shape index (κ2) is 6.97. The molecule has 1 aromatic carbocycles. The molecule has 0 saturated carbocycles. The Morgan fingerprint density at radius 3 is 2.45 bits per heavy atom. The number of nitrogens with zero attached hydrogens (tertiary/aromatic N) is 1. The highest BCUT2D eigenvalue weighted by Gasteiger charge is 2.36. The Hall–Kier alpha value is -1.99. The third kappa shape index (κ3) is 3.52. The second-order valence-corrected chi connectivity index (χ2v) is 4.84. The highest BCUT2D eigenvalue weighted by atomic mass is 16.5. The molecule has 0 bridgehead atoms. The number of anilines is 1. The molecule has 108 valence electrons. The van der Waals surface area contributed by atoms with Crippen LogP contribution in [-0.2, 0) is 15.1 Å². The van der Waals surface area contributed by atoms with E-state index in [4.69, 9.17) is 11.2 Å². The van der Waals surface area contributed by atoms with Crippen molar-refractivity contribution in [1.29, 1.82) is 0 Å². The largest absolute Gasteiger partial charge is 0.464 e. The molecule has 0 fully saturated rings. The Balaban J connectivity index is 3.10. The summed E-state index contributed by atoms with van der Waals surface area (Å²) in [5.74, 6) is 2.17. The molecule has 1 N–H and O–H groups in total. The molecule has 1 rings (SSSR count). The summed E-state index contributed by atoms with van der Waals surface area (Å²) < 4.78 is 5.16. The van der Waals surface area contributed by atoms with Gasteiger partial charge in [0.1, 0.15) is 5.54 Å². The van der Waals surface area contributed by atoms with Crippen LogP contribution < -0.4 is 10.2 Å². The van der Waals surface area contributed by atoms with Gasteiger partial charge in [0.25, 0.3) is 0 Å². The minimum absolute atomic E-state index is 0.296. The number of benzene rings is 1. The molecule has 1 unspecified atom stereocenters. The van der Waals surface area contributed by atoms with E-state index in [2.05, 4.69) is 11.2 Å². The van der Waals surface area contributed by atoms with Crippen LogP contribution in [0.3, 0.4) is 0 Å². The fraction of sp³-hybridized carbons (Fsp3) is 0.438. The lowest BCUT2D eigenvalue weighted by Gasteiger charge is -2.28. The zero-order chi connectivity index (χ0) is 15.2. The number of terminal acetylenes is 1. The molecule has 20 heavy (non-hydrogen) atoms. The molecule has 0 saturated heterocycles. The zero-order valence-electron chi connectivity index (χ0n) is 12.6. The molecule has 0 aliphatic heterocycles. The van der Waals surface area contributed by atoms with Gasteiger partial charge < -0.3 is 9.64 Å². The van der Waals surface area contributed by atoms with Crippen LogP contribution in [0.2, 0.25) is 0 Å². The first-order valence-electron chi connectivity index (χ1n) is 6.59. The van der Waals surface area contributed by atoms with Gasteiger partial charge in [0.15, 0.2) is 0 Å². The van der Waals surface area contributed by atoms with Gasteiger partial charge in [0.2, 0.25) is 0 Å². The lowest BCUT2D eigenvalue weighted by molar-refractivity contribution is -0.150. The number of hydrogen-bond acceptors (Lipinski definition) is 4. The van der Waals surface area contributed by atoms with Crippen molar-refractivity contribution >= 4 is 11.7 Å². The van der Waals surface area contributed by atoms with E-state index in [1.54, 1.807) is 13.8 Å². The first-order valence-corrected chi connectivity index (χ1v) is 6.59. The molecule has 0 aliphatic rings. The van der Waals surface area contributed by atoms with Gasteiger partial charge in [-0.1, -0.05) is 18.1 Å². The Labute approximate surface area is 121 Å². The van der Waals surface area contributed by atoms with Gasteiger partial charge in [-0.3, -0.25) is 5.32 Å². The van der Waals surface area contributed by atoms with E-state index >= 15 is 0 Å². The van der Waals surface area contributed by atoms with Crippen molar-refractivity contribution in [3.8, 4) is 12.3 Å². The van der Waals surface area contributed by atoms with Crippen molar-refractivity contribution in [2.75, 3.05) is 32.1 Å².